The van der Waals surface area contributed by atoms with Gasteiger partial charge in [0.15, 0.2) is 28.2 Å². The van der Waals surface area contributed by atoms with Crippen molar-refractivity contribution in [3.05, 3.63) is 24.2 Å². The predicted molar refractivity (Wildman–Crippen MR) is 186 cm³/mol. The number of ether oxygens (including phenoxy) is 2. The van der Waals surface area contributed by atoms with E-state index >= 15 is 0 Å². The van der Waals surface area contributed by atoms with Gasteiger partial charge in [-0.3, -0.25) is 4.79 Å². The number of hydrogen-bond acceptors (Lipinski definition) is 6. The Morgan fingerprint density at radius 2 is 1.52 bits per heavy atom. The SMILES string of the molecule is CC[Si](CC)(CC)O[C@@H]1C[C@H]2C(C)(C)C3(O[Si](CC)(CC)CC)CC[C@]2(CO3)[C@H]2CC[C@@]3(C)[C@@H](c4ccoc4)C(=O)[C@H]4O[C@]43[C@@]21C. The highest BCUT2D eigenvalue weighted by Crippen LogP contribution is 2.83. The van der Waals surface area contributed by atoms with Gasteiger partial charge in [-0.15, -0.1) is 0 Å². The molecule has 0 amide bonds. The highest BCUT2D eigenvalue weighted by molar-refractivity contribution is 6.74. The van der Waals surface area contributed by atoms with Gasteiger partial charge in [0.05, 0.1) is 31.2 Å². The molecule has 0 radical (unpaired) electrons. The predicted octanol–water partition coefficient (Wildman–Crippen LogP) is 9.47. The van der Waals surface area contributed by atoms with Crippen LogP contribution in [0.3, 0.4) is 0 Å². The zero-order chi connectivity index (χ0) is 33.2. The lowest BCUT2D eigenvalue weighted by atomic mass is 9.34. The van der Waals surface area contributed by atoms with Gasteiger partial charge >= 0.3 is 0 Å². The number of furan rings is 1. The third-order valence-electron chi connectivity index (χ3n) is 16.5. The first kappa shape index (κ1) is 33.7. The van der Waals surface area contributed by atoms with Gasteiger partial charge in [-0.1, -0.05) is 69.2 Å². The molecule has 258 valence electrons. The van der Waals surface area contributed by atoms with Crippen molar-refractivity contribution >= 4 is 22.4 Å². The van der Waals surface area contributed by atoms with Crippen molar-refractivity contribution in [2.45, 2.75) is 167 Å². The van der Waals surface area contributed by atoms with Gasteiger partial charge in [-0.2, -0.15) is 0 Å². The second-order valence-electron chi connectivity index (χ2n) is 17.4. The van der Waals surface area contributed by atoms with E-state index < -0.39 is 28.0 Å². The van der Waals surface area contributed by atoms with E-state index in [9.17, 15) is 4.79 Å². The summed E-state index contributed by atoms with van der Waals surface area (Å²) in [6, 6.07) is 8.77. The fourth-order valence-corrected chi connectivity index (χ4v) is 19.3. The van der Waals surface area contributed by atoms with Crippen molar-refractivity contribution in [1.82, 2.24) is 0 Å². The minimum absolute atomic E-state index is 0.0241. The number of epoxide rings is 1. The molecular formula is C38H62O6Si2. The molecule has 1 unspecified atom stereocenters. The van der Waals surface area contributed by atoms with Crippen LogP contribution in [0, 0.1) is 33.5 Å². The summed E-state index contributed by atoms with van der Waals surface area (Å²) in [6.07, 6.45) is 8.35. The molecule has 4 saturated carbocycles. The molecule has 0 aromatic carbocycles. The number of carbonyl (C=O) groups is 1. The zero-order valence-electron chi connectivity index (χ0n) is 30.6. The lowest BCUT2D eigenvalue weighted by Gasteiger charge is -2.75. The van der Waals surface area contributed by atoms with Gasteiger partial charge in [0.1, 0.15) is 11.7 Å². The van der Waals surface area contributed by atoms with E-state index in [1.807, 2.05) is 6.07 Å². The standard InChI is InChI=1S/C38H62O6Si2/c1-11-45(12-2,13-3)43-29-23-28-33(7,8)37(44-46(14-4,15-5)16-6)21-20-36(28,25-41-37)27-17-19-34(9)30(26-18-22-40-24-26)31(39)32-38(34,42-32)35(27,29)10/h18,22,24,27-30,32H,11-17,19-21,23,25H2,1-10H3/t27-,28-,29+,30-,32+,34-,35-,36-,37?,38+/m0/s1. The zero-order valence-corrected chi connectivity index (χ0v) is 32.6. The Hall–Kier alpha value is -0.776. The molecule has 2 bridgehead atoms. The van der Waals surface area contributed by atoms with E-state index in [0.717, 1.165) is 80.5 Å². The summed E-state index contributed by atoms with van der Waals surface area (Å²) < 4.78 is 35.1. The maximum Gasteiger partial charge on any atom is 0.195 e. The van der Waals surface area contributed by atoms with Gasteiger partial charge in [0.25, 0.3) is 0 Å². The van der Waals surface area contributed by atoms with Crippen LogP contribution in [0.2, 0.25) is 36.3 Å². The minimum atomic E-state index is -2.01. The Labute approximate surface area is 280 Å². The van der Waals surface area contributed by atoms with Crippen molar-refractivity contribution in [2.75, 3.05) is 6.61 Å². The lowest BCUT2D eigenvalue weighted by Crippen LogP contribution is -2.78. The second-order valence-corrected chi connectivity index (χ2v) is 26.8. The van der Waals surface area contributed by atoms with Crippen molar-refractivity contribution < 1.29 is 27.5 Å². The van der Waals surface area contributed by atoms with Crippen LogP contribution < -0.4 is 0 Å². The summed E-state index contributed by atoms with van der Waals surface area (Å²) >= 11 is 0. The highest BCUT2D eigenvalue weighted by Gasteiger charge is 2.90. The molecular weight excluding hydrogens is 609 g/mol. The van der Waals surface area contributed by atoms with Gasteiger partial charge in [0, 0.05) is 33.6 Å². The molecule has 2 spiro atoms. The molecule has 4 aliphatic carbocycles. The summed E-state index contributed by atoms with van der Waals surface area (Å²) in [4.78, 5) is 14.4. The van der Waals surface area contributed by atoms with Crippen molar-refractivity contribution in [1.29, 1.82) is 0 Å². The van der Waals surface area contributed by atoms with Crippen LogP contribution in [0.5, 0.6) is 0 Å². The summed E-state index contributed by atoms with van der Waals surface area (Å²) in [5.74, 6) is 0.325. The van der Waals surface area contributed by atoms with Gasteiger partial charge in [-0.25, -0.2) is 0 Å². The highest BCUT2D eigenvalue weighted by atomic mass is 28.4. The summed E-state index contributed by atoms with van der Waals surface area (Å²) in [5.41, 5.74) is -0.221. The van der Waals surface area contributed by atoms with Gasteiger partial charge < -0.3 is 22.7 Å². The van der Waals surface area contributed by atoms with Crippen LogP contribution in [0.15, 0.2) is 23.0 Å². The summed E-state index contributed by atoms with van der Waals surface area (Å²) in [5, 5.41) is 0. The molecule has 6 nitrogen and oxygen atoms in total. The van der Waals surface area contributed by atoms with Crippen molar-refractivity contribution in [2.24, 2.45) is 33.5 Å². The smallest absolute Gasteiger partial charge is 0.195 e. The van der Waals surface area contributed by atoms with E-state index in [4.69, 9.17) is 22.7 Å². The Morgan fingerprint density at radius 1 is 0.870 bits per heavy atom. The lowest BCUT2D eigenvalue weighted by molar-refractivity contribution is -0.398. The molecule has 1 aromatic rings. The third kappa shape index (κ3) is 3.76. The number of carbonyl (C=O) groups excluding carboxylic acids is 1. The fourth-order valence-electron chi connectivity index (χ4n) is 13.3. The Morgan fingerprint density at radius 3 is 2.07 bits per heavy atom. The van der Waals surface area contributed by atoms with Crippen LogP contribution in [0.4, 0.5) is 0 Å². The largest absolute Gasteiger partial charge is 0.472 e. The maximum atomic E-state index is 14.4. The minimum Gasteiger partial charge on any atom is -0.472 e. The fraction of sp³-hybridized carbons (Fsp3) is 0.868. The number of hydrogen-bond donors (Lipinski definition) is 0. The molecule has 7 fully saturated rings. The van der Waals surface area contributed by atoms with Crippen molar-refractivity contribution in [3.8, 4) is 0 Å². The normalized spacial score (nSPS) is 45.6. The quantitative estimate of drug-likeness (QED) is 0.173. The topological polar surface area (TPSA) is 70.4 Å². The molecule has 0 N–H and O–H groups in total. The average Bonchev–Trinajstić information content (AvgIpc) is 3.55. The second kappa shape index (κ2) is 10.6. The first-order valence-corrected chi connectivity index (χ1v) is 24.1. The van der Waals surface area contributed by atoms with E-state index in [1.54, 1.807) is 12.5 Å². The van der Waals surface area contributed by atoms with Crippen LogP contribution in [-0.2, 0) is 23.1 Å². The van der Waals surface area contributed by atoms with Crippen LogP contribution in [0.1, 0.15) is 113 Å². The molecule has 4 heterocycles. The van der Waals surface area contributed by atoms with Crippen molar-refractivity contribution in [3.63, 3.8) is 0 Å². The molecule has 46 heavy (non-hydrogen) atoms. The first-order valence-electron chi connectivity index (χ1n) is 19.0. The number of Topliss-reactive ketones (excluding diaryl/α,β-unsaturated/α-hetero) is 1. The number of fused-ring (bicyclic) bond motifs is 3. The molecule has 8 heteroatoms. The summed E-state index contributed by atoms with van der Waals surface area (Å²) in [7, 11) is -3.94. The first-order chi connectivity index (χ1) is 21.8. The van der Waals surface area contributed by atoms with Gasteiger partial charge in [-0.05, 0) is 79.9 Å². The monoisotopic (exact) mass is 670 g/mol. The maximum absolute atomic E-state index is 14.4. The number of ketones is 1. The van der Waals surface area contributed by atoms with E-state index in [1.165, 1.54) is 0 Å². The van der Waals surface area contributed by atoms with E-state index in [-0.39, 0.29) is 45.6 Å². The molecule has 3 saturated heterocycles. The van der Waals surface area contributed by atoms with Crippen LogP contribution in [0.25, 0.3) is 0 Å². The molecule has 1 aromatic heterocycles. The average molecular weight is 671 g/mol. The van der Waals surface area contributed by atoms with Crippen LogP contribution >= 0.6 is 0 Å². The molecule has 3 aliphatic heterocycles. The molecule has 7 aliphatic rings. The molecule has 8 rings (SSSR count). The van der Waals surface area contributed by atoms with Crippen LogP contribution in [-0.4, -0.2) is 52.6 Å². The van der Waals surface area contributed by atoms with Gasteiger partial charge in [0.2, 0.25) is 0 Å². The Kier molecular flexibility index (Phi) is 7.78. The Balaban J connectivity index is 1.36. The Bertz CT molecular complexity index is 1310. The van der Waals surface area contributed by atoms with E-state index in [2.05, 4.69) is 69.2 Å². The third-order valence-corrected chi connectivity index (χ3v) is 25.8. The molecule has 10 atom stereocenters. The number of rotatable bonds is 11. The summed E-state index contributed by atoms with van der Waals surface area (Å²) in [6.45, 7) is 24.7. The van der Waals surface area contributed by atoms with E-state index in [0.29, 0.717) is 11.8 Å².